The predicted molar refractivity (Wildman–Crippen MR) is 170 cm³/mol. The second-order valence-corrected chi connectivity index (χ2v) is 10.8. The van der Waals surface area contributed by atoms with Crippen LogP contribution in [0.15, 0.2) is 96.7 Å². The van der Waals surface area contributed by atoms with Crippen LogP contribution < -0.4 is 4.74 Å². The van der Waals surface area contributed by atoms with E-state index in [1.807, 2.05) is 24.3 Å². The fourth-order valence-corrected chi connectivity index (χ4v) is 5.54. The molecule has 3 aromatic rings. The van der Waals surface area contributed by atoms with Gasteiger partial charge >= 0.3 is 23.9 Å². The summed E-state index contributed by atoms with van der Waals surface area (Å²) in [5.74, 6) is -2.46. The molecule has 2 aliphatic rings. The van der Waals surface area contributed by atoms with Gasteiger partial charge in [-0.15, -0.1) is 0 Å². The molecule has 0 amide bonds. The first-order valence-electron chi connectivity index (χ1n) is 15.6. The van der Waals surface area contributed by atoms with Crippen molar-refractivity contribution in [1.29, 1.82) is 0 Å². The van der Waals surface area contributed by atoms with Gasteiger partial charge in [0, 0.05) is 6.20 Å². The average Bonchev–Trinajstić information content (AvgIpc) is 3.59. The first-order valence-corrected chi connectivity index (χ1v) is 15.6. The zero-order chi connectivity index (χ0) is 34.0. The molecule has 0 aliphatic carbocycles. The first kappa shape index (κ1) is 34.1. The molecular formula is C36H37NO11. The normalized spacial score (nSPS) is 20.8. The second kappa shape index (κ2) is 16.1. The van der Waals surface area contributed by atoms with E-state index in [9.17, 15) is 19.2 Å². The smallest absolute Gasteiger partial charge is 0.347 e. The van der Waals surface area contributed by atoms with Crippen molar-refractivity contribution in [3.63, 3.8) is 0 Å². The molecule has 0 aromatic heterocycles. The third kappa shape index (κ3) is 7.84. The maximum Gasteiger partial charge on any atom is 0.347 e. The highest BCUT2D eigenvalue weighted by atomic mass is 16.6. The van der Waals surface area contributed by atoms with Gasteiger partial charge in [-0.2, -0.15) is 0 Å². The van der Waals surface area contributed by atoms with Crippen LogP contribution >= 0.6 is 0 Å². The Morgan fingerprint density at radius 2 is 1.29 bits per heavy atom. The minimum atomic E-state index is -1.16. The summed E-state index contributed by atoms with van der Waals surface area (Å²) in [5.41, 5.74) is 1.03. The van der Waals surface area contributed by atoms with Gasteiger partial charge in [0.1, 0.15) is 17.9 Å². The van der Waals surface area contributed by atoms with Crippen molar-refractivity contribution in [2.24, 2.45) is 0 Å². The Morgan fingerprint density at radius 3 is 1.81 bits per heavy atom. The third-order valence-electron chi connectivity index (χ3n) is 7.76. The molecule has 0 saturated carbocycles. The van der Waals surface area contributed by atoms with E-state index in [0.717, 1.165) is 5.56 Å². The Labute approximate surface area is 278 Å². The van der Waals surface area contributed by atoms with Gasteiger partial charge in [-0.25, -0.2) is 19.2 Å². The lowest BCUT2D eigenvalue weighted by atomic mass is 10.0. The molecule has 5 atom stereocenters. The zero-order valence-electron chi connectivity index (χ0n) is 26.8. The van der Waals surface area contributed by atoms with Gasteiger partial charge in [-0.05, 0) is 55.8 Å². The molecule has 3 aromatic carbocycles. The Morgan fingerprint density at radius 1 is 0.750 bits per heavy atom. The number of methoxy groups -OCH3 is 1. The monoisotopic (exact) mass is 659 g/mol. The Hall–Kier alpha value is -5.20. The van der Waals surface area contributed by atoms with Gasteiger partial charge in [0.2, 0.25) is 0 Å². The molecule has 12 heteroatoms. The molecule has 48 heavy (non-hydrogen) atoms. The Bertz CT molecular complexity index is 1570. The van der Waals surface area contributed by atoms with Crippen LogP contribution in [0.1, 0.15) is 40.1 Å². The minimum absolute atomic E-state index is 0.00931. The molecule has 0 spiro atoms. The van der Waals surface area contributed by atoms with Gasteiger partial charge in [0.15, 0.2) is 24.0 Å². The van der Waals surface area contributed by atoms with Crippen LogP contribution in [0.3, 0.4) is 0 Å². The number of esters is 4. The molecule has 12 nitrogen and oxygen atoms in total. The second-order valence-electron chi connectivity index (χ2n) is 10.8. The van der Waals surface area contributed by atoms with Gasteiger partial charge in [0.25, 0.3) is 0 Å². The SMILES string of the molecule is CCOC(=O)C(=CN1[C@H]2[C@H](OC(=O)c3ccccc3)[C@@H](OC(=O)c3ccccc3)[C@@H]1O[C@@H]2COCc1ccc(OC)cc1)C(=O)OCC. The van der Waals surface area contributed by atoms with Crippen molar-refractivity contribution >= 4 is 23.9 Å². The van der Waals surface area contributed by atoms with E-state index in [4.69, 9.17) is 33.2 Å². The van der Waals surface area contributed by atoms with E-state index in [1.165, 1.54) is 11.1 Å². The van der Waals surface area contributed by atoms with E-state index in [1.54, 1.807) is 81.6 Å². The summed E-state index contributed by atoms with van der Waals surface area (Å²) in [4.78, 5) is 54.2. The molecule has 2 heterocycles. The number of nitrogens with zero attached hydrogens (tertiary/aromatic N) is 1. The summed E-state index contributed by atoms with van der Waals surface area (Å²) in [5, 5.41) is 0. The van der Waals surface area contributed by atoms with Crippen molar-refractivity contribution in [3.8, 4) is 5.75 Å². The number of carbonyl (C=O) groups excluding carboxylic acids is 4. The predicted octanol–water partition coefficient (Wildman–Crippen LogP) is 4.08. The lowest BCUT2D eigenvalue weighted by Gasteiger charge is -2.32. The van der Waals surface area contributed by atoms with Crippen molar-refractivity contribution < 1.29 is 52.3 Å². The molecule has 5 rings (SSSR count). The van der Waals surface area contributed by atoms with Crippen molar-refractivity contribution in [2.75, 3.05) is 26.9 Å². The van der Waals surface area contributed by atoms with Gasteiger partial charge in [-0.1, -0.05) is 48.5 Å². The number of hydrogen-bond acceptors (Lipinski definition) is 12. The first-order chi connectivity index (χ1) is 23.3. The molecular weight excluding hydrogens is 622 g/mol. The Kier molecular flexibility index (Phi) is 11.4. The summed E-state index contributed by atoms with van der Waals surface area (Å²) in [6, 6.07) is 23.2. The summed E-state index contributed by atoms with van der Waals surface area (Å²) in [6.45, 7) is 3.50. The Balaban J connectivity index is 1.49. The van der Waals surface area contributed by atoms with Gasteiger partial charge in [0.05, 0.1) is 44.7 Å². The van der Waals surface area contributed by atoms with Crippen LogP contribution in [-0.2, 0) is 44.6 Å². The number of carbonyl (C=O) groups is 4. The van der Waals surface area contributed by atoms with E-state index < -0.39 is 60.0 Å². The van der Waals surface area contributed by atoms with Crippen molar-refractivity contribution in [3.05, 3.63) is 113 Å². The fourth-order valence-electron chi connectivity index (χ4n) is 5.54. The molecule has 2 bridgehead atoms. The van der Waals surface area contributed by atoms with Crippen LogP contribution in [0.25, 0.3) is 0 Å². The average molecular weight is 660 g/mol. The molecule has 0 N–H and O–H groups in total. The lowest BCUT2D eigenvalue weighted by Crippen LogP contribution is -2.51. The van der Waals surface area contributed by atoms with Gasteiger partial charge < -0.3 is 38.1 Å². The quantitative estimate of drug-likeness (QED) is 0.0811. The van der Waals surface area contributed by atoms with Crippen LogP contribution in [0, 0.1) is 0 Å². The van der Waals surface area contributed by atoms with E-state index in [2.05, 4.69) is 0 Å². The number of hydrogen-bond donors (Lipinski definition) is 0. The van der Waals surface area contributed by atoms with E-state index >= 15 is 0 Å². The highest BCUT2D eigenvalue weighted by Gasteiger charge is 2.62. The van der Waals surface area contributed by atoms with E-state index in [0.29, 0.717) is 5.75 Å². The third-order valence-corrected chi connectivity index (χ3v) is 7.76. The zero-order valence-corrected chi connectivity index (χ0v) is 26.8. The highest BCUT2D eigenvalue weighted by Crippen LogP contribution is 2.42. The topological polar surface area (TPSA) is 136 Å². The van der Waals surface area contributed by atoms with E-state index in [-0.39, 0.29) is 37.6 Å². The maximum atomic E-state index is 13.4. The molecule has 2 fully saturated rings. The molecule has 252 valence electrons. The minimum Gasteiger partial charge on any atom is -0.497 e. The number of fused-ring (bicyclic) bond motifs is 2. The van der Waals surface area contributed by atoms with Crippen molar-refractivity contribution in [1.82, 2.24) is 4.90 Å². The summed E-state index contributed by atoms with van der Waals surface area (Å²) < 4.78 is 39.9. The number of benzene rings is 3. The molecule has 2 aliphatic heterocycles. The number of ether oxygens (including phenoxy) is 7. The van der Waals surface area contributed by atoms with Crippen LogP contribution in [0.2, 0.25) is 0 Å². The summed E-state index contributed by atoms with van der Waals surface area (Å²) in [7, 11) is 1.58. The highest BCUT2D eigenvalue weighted by molar-refractivity contribution is 6.14. The van der Waals surface area contributed by atoms with Crippen molar-refractivity contribution in [2.45, 2.75) is 51.0 Å². The van der Waals surface area contributed by atoms with Gasteiger partial charge in [-0.3, -0.25) is 0 Å². The van der Waals surface area contributed by atoms with Crippen LogP contribution in [0.5, 0.6) is 5.75 Å². The summed E-state index contributed by atoms with van der Waals surface area (Å²) >= 11 is 0. The molecule has 2 saturated heterocycles. The molecule has 0 radical (unpaired) electrons. The lowest BCUT2D eigenvalue weighted by molar-refractivity contribution is -0.147. The maximum absolute atomic E-state index is 13.4. The number of rotatable bonds is 14. The fraction of sp³-hybridized carbons (Fsp3) is 0.333. The molecule has 0 unspecified atom stereocenters. The van der Waals surface area contributed by atoms with Crippen LogP contribution in [0.4, 0.5) is 0 Å². The van der Waals surface area contributed by atoms with Crippen LogP contribution in [-0.4, -0.2) is 86.3 Å². The largest absolute Gasteiger partial charge is 0.497 e. The summed E-state index contributed by atoms with van der Waals surface area (Å²) in [6.07, 6.45) is -2.81. The standard InChI is InChI=1S/C36H37NO11/c1-4-44-35(40)27(36(41)45-5-2)20-37-29-28(22-43-21-23-16-18-26(42-3)19-17-23)46-32(37)31(48-34(39)25-14-10-7-11-15-25)30(29)47-33(38)24-12-8-6-9-13-24/h6-20,28-32H,4-5,21-22H2,1-3H3/t28-,29-,30+,31-,32+/m1/s1.